The van der Waals surface area contributed by atoms with Gasteiger partial charge in [0.15, 0.2) is 5.96 Å². The van der Waals surface area contributed by atoms with E-state index in [9.17, 15) is 9.18 Å². The summed E-state index contributed by atoms with van der Waals surface area (Å²) in [5.74, 6) is 0.390. The number of carbonyl (C=O) groups is 1. The molecule has 7 heteroatoms. The number of rotatable bonds is 7. The molecule has 0 saturated carbocycles. The molecule has 1 unspecified atom stereocenters. The zero-order valence-corrected chi connectivity index (χ0v) is 16.1. The van der Waals surface area contributed by atoms with Crippen LogP contribution in [0.3, 0.4) is 0 Å². The molecular weight excluding hydrogens is 351 g/mol. The summed E-state index contributed by atoms with van der Waals surface area (Å²) in [6, 6.07) is 8.81. The first kappa shape index (κ1) is 19.9. The summed E-state index contributed by atoms with van der Waals surface area (Å²) < 4.78 is 13.7. The van der Waals surface area contributed by atoms with Crippen molar-refractivity contribution >= 4 is 23.2 Å². The Labute approximate surface area is 157 Å². The third kappa shape index (κ3) is 5.84. The van der Waals surface area contributed by atoms with Crippen LogP contribution in [-0.2, 0) is 0 Å². The molecule has 1 heterocycles. The number of aryl methyl sites for hydroxylation is 1. The Morgan fingerprint density at radius 1 is 1.27 bits per heavy atom. The van der Waals surface area contributed by atoms with Gasteiger partial charge in [-0.2, -0.15) is 0 Å². The van der Waals surface area contributed by atoms with Crippen molar-refractivity contribution in [2.24, 2.45) is 4.99 Å². The highest BCUT2D eigenvalue weighted by molar-refractivity contribution is 7.12. The predicted octanol–water partition coefficient (Wildman–Crippen LogP) is 3.24. The van der Waals surface area contributed by atoms with Crippen LogP contribution in [0.4, 0.5) is 4.39 Å². The van der Waals surface area contributed by atoms with Crippen molar-refractivity contribution in [2.45, 2.75) is 26.3 Å². The van der Waals surface area contributed by atoms with Crippen molar-refractivity contribution in [3.05, 3.63) is 57.5 Å². The van der Waals surface area contributed by atoms with E-state index in [0.29, 0.717) is 24.6 Å². The molecule has 3 N–H and O–H groups in total. The second kappa shape index (κ2) is 9.91. The van der Waals surface area contributed by atoms with Gasteiger partial charge in [-0.15, -0.1) is 11.3 Å². The van der Waals surface area contributed by atoms with Gasteiger partial charge in [0.05, 0.1) is 10.9 Å². The molecule has 1 amide bonds. The van der Waals surface area contributed by atoms with E-state index in [4.69, 9.17) is 0 Å². The predicted molar refractivity (Wildman–Crippen MR) is 105 cm³/mol. The Morgan fingerprint density at radius 2 is 2.04 bits per heavy atom. The molecule has 0 bridgehead atoms. The van der Waals surface area contributed by atoms with Gasteiger partial charge in [-0.05, 0) is 48.9 Å². The summed E-state index contributed by atoms with van der Waals surface area (Å²) in [5.41, 5.74) is 1.49. The number of guanidine groups is 1. The van der Waals surface area contributed by atoms with Crippen molar-refractivity contribution in [1.29, 1.82) is 0 Å². The van der Waals surface area contributed by atoms with Gasteiger partial charge in [0.25, 0.3) is 5.91 Å². The lowest BCUT2D eigenvalue weighted by molar-refractivity contribution is 0.0957. The van der Waals surface area contributed by atoms with E-state index in [0.717, 1.165) is 16.9 Å². The molecular formula is C19H25FN4OS. The molecule has 0 fully saturated rings. The zero-order valence-electron chi connectivity index (χ0n) is 15.3. The minimum atomic E-state index is -0.208. The minimum absolute atomic E-state index is 0.0440. The normalized spacial score (nSPS) is 12.5. The Balaban J connectivity index is 1.72. The molecule has 0 saturated heterocycles. The van der Waals surface area contributed by atoms with E-state index in [1.165, 1.54) is 11.3 Å². The van der Waals surface area contributed by atoms with E-state index >= 15 is 0 Å². The molecule has 0 aliphatic carbocycles. The first-order valence-corrected chi connectivity index (χ1v) is 9.44. The average Bonchev–Trinajstić information content (AvgIpc) is 3.17. The third-order valence-corrected chi connectivity index (χ3v) is 4.82. The number of nitrogens with zero attached hydrogens (tertiary/aromatic N) is 1. The molecule has 1 aromatic carbocycles. The molecule has 0 spiro atoms. The molecule has 0 radical (unpaired) electrons. The van der Waals surface area contributed by atoms with Crippen LogP contribution in [-0.4, -0.2) is 32.0 Å². The number of hydrogen-bond donors (Lipinski definition) is 3. The maximum absolute atomic E-state index is 13.7. The fourth-order valence-electron chi connectivity index (χ4n) is 2.35. The zero-order chi connectivity index (χ0) is 18.9. The maximum atomic E-state index is 13.7. The highest BCUT2D eigenvalue weighted by Crippen LogP contribution is 2.16. The molecule has 0 aliphatic rings. The largest absolute Gasteiger partial charge is 0.356 e. The van der Waals surface area contributed by atoms with Crippen LogP contribution < -0.4 is 16.0 Å². The Hall–Kier alpha value is -2.41. The molecule has 5 nitrogen and oxygen atoms in total. The van der Waals surface area contributed by atoms with E-state index in [1.54, 1.807) is 32.2 Å². The SMILES string of the molecule is CN=C(NCCCNC(=O)c1cccs1)NC(C)c1ccc(C)c(F)c1. The molecule has 140 valence electrons. The van der Waals surface area contributed by atoms with Gasteiger partial charge in [-0.25, -0.2) is 4.39 Å². The minimum Gasteiger partial charge on any atom is -0.356 e. The Bertz CT molecular complexity index is 746. The maximum Gasteiger partial charge on any atom is 0.261 e. The summed E-state index contributed by atoms with van der Waals surface area (Å²) in [5, 5.41) is 11.2. The fraction of sp³-hybridized carbons (Fsp3) is 0.368. The lowest BCUT2D eigenvalue weighted by Gasteiger charge is -2.18. The Morgan fingerprint density at radius 3 is 2.69 bits per heavy atom. The van der Waals surface area contributed by atoms with E-state index < -0.39 is 0 Å². The lowest BCUT2D eigenvalue weighted by Crippen LogP contribution is -2.40. The van der Waals surface area contributed by atoms with Gasteiger partial charge in [0.2, 0.25) is 0 Å². The fourth-order valence-corrected chi connectivity index (χ4v) is 2.99. The van der Waals surface area contributed by atoms with Crippen LogP contribution in [0.15, 0.2) is 40.7 Å². The molecule has 0 aliphatic heterocycles. The van der Waals surface area contributed by atoms with Gasteiger partial charge in [-0.1, -0.05) is 18.2 Å². The highest BCUT2D eigenvalue weighted by atomic mass is 32.1. The number of benzene rings is 1. The summed E-state index contributed by atoms with van der Waals surface area (Å²) >= 11 is 1.43. The molecule has 2 aromatic rings. The van der Waals surface area contributed by atoms with Gasteiger partial charge in [0.1, 0.15) is 5.82 Å². The third-order valence-electron chi connectivity index (χ3n) is 3.95. The van der Waals surface area contributed by atoms with Crippen LogP contribution in [0.5, 0.6) is 0 Å². The van der Waals surface area contributed by atoms with Crippen molar-refractivity contribution in [3.8, 4) is 0 Å². The number of aliphatic imine (C=N–C) groups is 1. The topological polar surface area (TPSA) is 65.5 Å². The first-order valence-electron chi connectivity index (χ1n) is 8.56. The highest BCUT2D eigenvalue weighted by Gasteiger charge is 2.10. The second-order valence-electron chi connectivity index (χ2n) is 5.96. The Kier molecular flexibility index (Phi) is 7.59. The average molecular weight is 377 g/mol. The number of thiophene rings is 1. The number of hydrogen-bond acceptors (Lipinski definition) is 3. The van der Waals surface area contributed by atoms with Crippen LogP contribution in [0.2, 0.25) is 0 Å². The van der Waals surface area contributed by atoms with Crippen molar-refractivity contribution < 1.29 is 9.18 Å². The summed E-state index contributed by atoms with van der Waals surface area (Å²) in [6.45, 7) is 4.95. The number of amides is 1. The van der Waals surface area contributed by atoms with Gasteiger partial charge in [-0.3, -0.25) is 9.79 Å². The number of nitrogens with one attached hydrogen (secondary N) is 3. The smallest absolute Gasteiger partial charge is 0.261 e. The van der Waals surface area contributed by atoms with Gasteiger partial charge < -0.3 is 16.0 Å². The van der Waals surface area contributed by atoms with Gasteiger partial charge >= 0.3 is 0 Å². The number of halogens is 1. The summed E-state index contributed by atoms with van der Waals surface area (Å²) in [7, 11) is 1.69. The van der Waals surface area contributed by atoms with Crippen LogP contribution in [0.25, 0.3) is 0 Å². The summed E-state index contributed by atoms with van der Waals surface area (Å²) in [6.07, 6.45) is 0.769. The van der Waals surface area contributed by atoms with Crippen molar-refractivity contribution in [3.63, 3.8) is 0 Å². The quantitative estimate of drug-likeness (QED) is 0.395. The van der Waals surface area contributed by atoms with E-state index in [1.807, 2.05) is 24.4 Å². The first-order chi connectivity index (χ1) is 12.5. The molecule has 1 atom stereocenters. The van der Waals surface area contributed by atoms with Crippen LogP contribution in [0.1, 0.15) is 40.2 Å². The second-order valence-corrected chi connectivity index (χ2v) is 6.91. The van der Waals surface area contributed by atoms with Crippen molar-refractivity contribution in [2.75, 3.05) is 20.1 Å². The standard InChI is InChI=1S/C19H25FN4OS/c1-13-7-8-15(12-16(13)20)14(2)24-19(21-3)23-10-5-9-22-18(25)17-6-4-11-26-17/h4,6-8,11-12,14H,5,9-10H2,1-3H3,(H,22,25)(H2,21,23,24). The van der Waals surface area contributed by atoms with E-state index in [-0.39, 0.29) is 17.8 Å². The molecule has 1 aromatic heterocycles. The number of carbonyl (C=O) groups excluding carboxylic acids is 1. The lowest BCUT2D eigenvalue weighted by atomic mass is 10.1. The van der Waals surface area contributed by atoms with Crippen LogP contribution >= 0.6 is 11.3 Å². The molecule has 26 heavy (non-hydrogen) atoms. The van der Waals surface area contributed by atoms with Crippen molar-refractivity contribution in [1.82, 2.24) is 16.0 Å². The summed E-state index contributed by atoms with van der Waals surface area (Å²) in [4.78, 5) is 16.7. The van der Waals surface area contributed by atoms with Crippen LogP contribution in [0, 0.1) is 12.7 Å². The monoisotopic (exact) mass is 376 g/mol. The van der Waals surface area contributed by atoms with Gasteiger partial charge in [0, 0.05) is 20.1 Å². The van der Waals surface area contributed by atoms with E-state index in [2.05, 4.69) is 20.9 Å². The molecule has 2 rings (SSSR count).